The highest BCUT2D eigenvalue weighted by molar-refractivity contribution is 6.64. The molecule has 6 saturated carbocycles. The molecule has 0 heterocycles. The van der Waals surface area contributed by atoms with Crippen LogP contribution in [0.4, 0.5) is 0 Å². The first kappa shape index (κ1) is 13.4. The Morgan fingerprint density at radius 2 is 0.773 bits per heavy atom. The number of rotatable bonds is 3. The third kappa shape index (κ3) is 1.83. The fourth-order valence-electron chi connectivity index (χ4n) is 9.25. The lowest BCUT2D eigenvalue weighted by molar-refractivity contribution is 0.405. The lowest BCUT2D eigenvalue weighted by Gasteiger charge is -2.42. The molecule has 0 N–H and O–H groups in total. The Morgan fingerprint density at radius 1 is 0.409 bits per heavy atom. The maximum atomic E-state index is 1.66. The first-order valence-corrected chi connectivity index (χ1v) is 10.8. The zero-order valence-electron chi connectivity index (χ0n) is 14.3. The first-order valence-electron chi connectivity index (χ1n) is 10.8. The Labute approximate surface area is 137 Å². The van der Waals surface area contributed by atoms with Crippen LogP contribution in [0.25, 0.3) is 0 Å². The summed E-state index contributed by atoms with van der Waals surface area (Å²) in [5.74, 6) is 10.6. The van der Waals surface area contributed by atoms with Crippen molar-refractivity contribution in [2.45, 2.75) is 94.5 Å². The van der Waals surface area contributed by atoms with E-state index in [4.69, 9.17) is 0 Å². The lowest BCUT2D eigenvalue weighted by atomic mass is 9.23. The van der Waals surface area contributed by atoms with Gasteiger partial charge >= 0.3 is 0 Å². The fourth-order valence-corrected chi connectivity index (χ4v) is 9.25. The van der Waals surface area contributed by atoms with Gasteiger partial charge in [-0.05, 0) is 54.8 Å². The average Bonchev–Trinajstić information content (AvgIpc) is 3.32. The van der Waals surface area contributed by atoms with Crippen LogP contribution in [0.5, 0.6) is 0 Å². The first-order chi connectivity index (χ1) is 10.8. The Kier molecular flexibility index (Phi) is 2.91. The molecule has 6 aliphatic rings. The minimum atomic E-state index is 1.16. The molecule has 120 valence electrons. The van der Waals surface area contributed by atoms with E-state index in [1.807, 2.05) is 0 Å². The van der Waals surface area contributed by atoms with Crippen molar-refractivity contribution < 1.29 is 0 Å². The molecule has 0 spiro atoms. The van der Waals surface area contributed by atoms with Crippen molar-refractivity contribution in [1.29, 1.82) is 0 Å². The molecule has 9 atom stereocenters. The largest absolute Gasteiger partial charge is 0.150 e. The van der Waals surface area contributed by atoms with E-state index in [-0.39, 0.29) is 0 Å². The smallest absolute Gasteiger partial charge is 0.0585 e. The molecule has 0 aromatic rings. The summed E-state index contributed by atoms with van der Waals surface area (Å²) < 4.78 is 0. The monoisotopic (exact) mass is 296 g/mol. The van der Waals surface area contributed by atoms with Crippen LogP contribution < -0.4 is 0 Å². The zero-order chi connectivity index (χ0) is 14.3. The van der Waals surface area contributed by atoms with Crippen molar-refractivity contribution in [3.8, 4) is 0 Å². The normalized spacial score (nSPS) is 58.1. The van der Waals surface area contributed by atoms with E-state index in [9.17, 15) is 0 Å². The Hall–Kier alpha value is 0.0649. The van der Waals surface area contributed by atoms with Crippen molar-refractivity contribution in [1.82, 2.24) is 0 Å². The average molecular weight is 296 g/mol. The van der Waals surface area contributed by atoms with Gasteiger partial charge in [0.05, 0.1) is 0 Å². The number of fused-ring (bicyclic) bond motifs is 6. The highest BCUT2D eigenvalue weighted by atomic mass is 14.5. The van der Waals surface area contributed by atoms with Crippen molar-refractivity contribution in [3.63, 3.8) is 0 Å². The van der Waals surface area contributed by atoms with Crippen molar-refractivity contribution in [2.75, 3.05) is 0 Å². The molecule has 6 rings (SSSR count). The van der Waals surface area contributed by atoms with Gasteiger partial charge in [0.15, 0.2) is 0 Å². The van der Waals surface area contributed by atoms with E-state index in [2.05, 4.69) is 0 Å². The zero-order valence-corrected chi connectivity index (χ0v) is 14.3. The van der Waals surface area contributed by atoms with E-state index in [1.54, 1.807) is 77.0 Å². The Balaban J connectivity index is 1.32. The van der Waals surface area contributed by atoms with Gasteiger partial charge in [0, 0.05) is 0 Å². The summed E-state index contributed by atoms with van der Waals surface area (Å²) >= 11 is 0. The van der Waals surface area contributed by atoms with Gasteiger partial charge in [-0.25, -0.2) is 0 Å². The fraction of sp³-hybridized carbons (Fsp3) is 1.00. The lowest BCUT2D eigenvalue weighted by Crippen LogP contribution is -2.39. The summed E-state index contributed by atoms with van der Waals surface area (Å²) in [5.41, 5.74) is 0. The van der Waals surface area contributed by atoms with Gasteiger partial charge < -0.3 is 0 Å². The van der Waals surface area contributed by atoms with Crippen LogP contribution in [0.1, 0.15) is 77.0 Å². The third-order valence-electron chi connectivity index (χ3n) is 9.86. The maximum Gasteiger partial charge on any atom is 0.150 e. The molecule has 1 heteroatoms. The molecule has 0 amide bonds. The summed E-state index contributed by atoms with van der Waals surface area (Å²) in [7, 11) is 0. The molecule has 6 bridgehead atoms. The maximum absolute atomic E-state index is 1.66. The topological polar surface area (TPSA) is 0 Å². The molecular formula is C21H33B. The van der Waals surface area contributed by atoms with E-state index in [0.717, 1.165) is 17.8 Å². The summed E-state index contributed by atoms with van der Waals surface area (Å²) in [5, 5.41) is 0. The van der Waals surface area contributed by atoms with Crippen LogP contribution in [0.3, 0.4) is 0 Å². The Bertz CT molecular complexity index is 392. The summed E-state index contributed by atoms with van der Waals surface area (Å²) in [6.07, 6.45) is 19.6. The molecule has 6 aliphatic carbocycles. The molecule has 6 fully saturated rings. The van der Waals surface area contributed by atoms with Gasteiger partial charge in [-0.3, -0.25) is 0 Å². The second-order valence-corrected chi connectivity index (χ2v) is 10.6. The van der Waals surface area contributed by atoms with E-state index < -0.39 is 0 Å². The Morgan fingerprint density at radius 3 is 1.00 bits per heavy atom. The molecule has 0 radical (unpaired) electrons. The molecule has 0 nitrogen and oxygen atoms in total. The van der Waals surface area contributed by atoms with Crippen LogP contribution in [0.15, 0.2) is 0 Å². The van der Waals surface area contributed by atoms with Crippen molar-refractivity contribution in [2.24, 2.45) is 35.5 Å². The quantitative estimate of drug-likeness (QED) is 0.556. The third-order valence-corrected chi connectivity index (χ3v) is 9.86. The van der Waals surface area contributed by atoms with Crippen molar-refractivity contribution >= 4 is 6.71 Å². The molecule has 0 saturated heterocycles. The van der Waals surface area contributed by atoms with Crippen LogP contribution >= 0.6 is 0 Å². The van der Waals surface area contributed by atoms with Crippen LogP contribution in [-0.2, 0) is 0 Å². The predicted molar refractivity (Wildman–Crippen MR) is 93.3 cm³/mol. The van der Waals surface area contributed by atoms with Gasteiger partial charge in [0.25, 0.3) is 0 Å². The van der Waals surface area contributed by atoms with E-state index in [0.29, 0.717) is 0 Å². The molecule has 0 aromatic heterocycles. The minimum Gasteiger partial charge on any atom is -0.0585 e. The second-order valence-electron chi connectivity index (χ2n) is 10.6. The SMILES string of the molecule is C1CC2CC1CC2B(C1CC2CCC1C2)C1CC2CCC1C2. The van der Waals surface area contributed by atoms with Gasteiger partial charge in [-0.15, -0.1) is 0 Å². The van der Waals surface area contributed by atoms with E-state index in [1.165, 1.54) is 41.9 Å². The molecule has 22 heavy (non-hydrogen) atoms. The van der Waals surface area contributed by atoms with Gasteiger partial charge in [-0.1, -0.05) is 75.2 Å². The van der Waals surface area contributed by atoms with Crippen molar-refractivity contribution in [3.05, 3.63) is 0 Å². The van der Waals surface area contributed by atoms with Gasteiger partial charge in [-0.2, -0.15) is 0 Å². The highest BCUT2D eigenvalue weighted by Crippen LogP contribution is 2.66. The standard InChI is InChI=1S/C21H33B/c1-4-16-7-13(1)10-19(16)22(20-11-14-2-5-17(20)8-14)21-12-15-3-6-18(21)9-15/h13-21H,1-12H2. The summed E-state index contributed by atoms with van der Waals surface area (Å²) in [4.78, 5) is 0. The molecular weight excluding hydrogens is 263 g/mol. The number of hydrogen-bond donors (Lipinski definition) is 0. The minimum absolute atomic E-state index is 1.16. The number of hydrogen-bond acceptors (Lipinski definition) is 0. The molecule has 0 aliphatic heterocycles. The molecule has 0 aromatic carbocycles. The van der Waals surface area contributed by atoms with Crippen LogP contribution in [-0.4, -0.2) is 6.71 Å². The summed E-state index contributed by atoms with van der Waals surface area (Å²) in [6, 6.07) is 0. The van der Waals surface area contributed by atoms with Gasteiger partial charge in [0.2, 0.25) is 0 Å². The highest BCUT2D eigenvalue weighted by Gasteiger charge is 2.57. The van der Waals surface area contributed by atoms with Crippen LogP contribution in [0.2, 0.25) is 17.5 Å². The van der Waals surface area contributed by atoms with E-state index >= 15 is 0 Å². The molecule has 9 unspecified atom stereocenters. The second kappa shape index (κ2) is 4.79. The predicted octanol–water partition coefficient (Wildman–Crippen LogP) is 6.05. The summed E-state index contributed by atoms with van der Waals surface area (Å²) in [6.45, 7) is 1.20. The van der Waals surface area contributed by atoms with Gasteiger partial charge in [0.1, 0.15) is 6.71 Å². The van der Waals surface area contributed by atoms with Crippen LogP contribution in [0, 0.1) is 35.5 Å².